The van der Waals surface area contributed by atoms with Gasteiger partial charge in [0.15, 0.2) is 11.5 Å². The van der Waals surface area contributed by atoms with Crippen LogP contribution in [0.15, 0.2) is 24.3 Å². The van der Waals surface area contributed by atoms with Crippen molar-refractivity contribution in [3.8, 4) is 11.5 Å². The Labute approximate surface area is 158 Å². The Morgan fingerprint density at radius 3 is 2.59 bits per heavy atom. The summed E-state index contributed by atoms with van der Waals surface area (Å²) in [7, 11) is 3.09. The van der Waals surface area contributed by atoms with Gasteiger partial charge in [-0.1, -0.05) is 0 Å². The van der Waals surface area contributed by atoms with Crippen LogP contribution in [0.2, 0.25) is 0 Å². The number of nitrogens with zero attached hydrogens (tertiary/aromatic N) is 3. The number of amides is 1. The Bertz CT molecular complexity index is 806. The summed E-state index contributed by atoms with van der Waals surface area (Å²) >= 11 is 0. The van der Waals surface area contributed by atoms with Gasteiger partial charge in [0.1, 0.15) is 11.6 Å². The molecule has 2 aromatic rings. The number of benzene rings is 1. The van der Waals surface area contributed by atoms with E-state index in [-0.39, 0.29) is 12.5 Å². The van der Waals surface area contributed by atoms with Crippen molar-refractivity contribution in [1.82, 2.24) is 15.3 Å². The van der Waals surface area contributed by atoms with E-state index in [0.717, 1.165) is 24.6 Å². The number of carbonyl (C=O) groups is 1. The lowest BCUT2D eigenvalue weighted by Gasteiger charge is -2.28. The van der Waals surface area contributed by atoms with Crippen molar-refractivity contribution in [3.63, 3.8) is 0 Å². The molecule has 3 rings (SSSR count). The average molecular weight is 372 g/mol. The van der Waals surface area contributed by atoms with Gasteiger partial charge in [-0.3, -0.25) is 4.79 Å². The number of hydrogen-bond donors (Lipinski definition) is 1. The van der Waals surface area contributed by atoms with Crippen molar-refractivity contribution in [1.29, 1.82) is 0 Å². The van der Waals surface area contributed by atoms with E-state index in [1.807, 2.05) is 13.0 Å². The second kappa shape index (κ2) is 8.68. The van der Waals surface area contributed by atoms with Crippen LogP contribution in [-0.4, -0.2) is 56.4 Å². The number of nitrogens with one attached hydrogen (secondary N) is 1. The van der Waals surface area contributed by atoms with Crippen LogP contribution in [0.3, 0.4) is 0 Å². The van der Waals surface area contributed by atoms with Crippen molar-refractivity contribution in [2.45, 2.75) is 13.5 Å². The molecule has 27 heavy (non-hydrogen) atoms. The van der Waals surface area contributed by atoms with Gasteiger partial charge in [0.2, 0.25) is 0 Å². The van der Waals surface area contributed by atoms with Gasteiger partial charge in [-0.15, -0.1) is 0 Å². The maximum Gasteiger partial charge on any atom is 0.251 e. The molecule has 1 aromatic carbocycles. The molecule has 0 bridgehead atoms. The van der Waals surface area contributed by atoms with Crippen LogP contribution in [-0.2, 0) is 11.3 Å². The summed E-state index contributed by atoms with van der Waals surface area (Å²) < 4.78 is 15.8. The summed E-state index contributed by atoms with van der Waals surface area (Å²) in [6.07, 6.45) is 0. The summed E-state index contributed by atoms with van der Waals surface area (Å²) in [4.78, 5) is 23.6. The molecule has 1 aliphatic heterocycles. The summed E-state index contributed by atoms with van der Waals surface area (Å²) in [6, 6.07) is 6.98. The second-order valence-corrected chi connectivity index (χ2v) is 6.14. The number of anilines is 1. The lowest BCUT2D eigenvalue weighted by molar-refractivity contribution is 0.0949. The number of carbonyl (C=O) groups excluding carboxylic acids is 1. The average Bonchev–Trinajstić information content (AvgIpc) is 2.71. The van der Waals surface area contributed by atoms with Gasteiger partial charge >= 0.3 is 0 Å². The maximum atomic E-state index is 12.5. The molecule has 0 aliphatic carbocycles. The second-order valence-electron chi connectivity index (χ2n) is 6.14. The summed E-state index contributed by atoms with van der Waals surface area (Å²) in [6.45, 7) is 5.14. The Balaban J connectivity index is 1.69. The molecular formula is C19H24N4O4. The molecule has 8 heteroatoms. The zero-order chi connectivity index (χ0) is 19.2. The van der Waals surface area contributed by atoms with Crippen LogP contribution in [0.25, 0.3) is 0 Å². The van der Waals surface area contributed by atoms with Crippen molar-refractivity contribution < 1.29 is 19.0 Å². The molecule has 0 unspecified atom stereocenters. The third-order valence-corrected chi connectivity index (χ3v) is 4.27. The minimum Gasteiger partial charge on any atom is -0.493 e. The predicted molar refractivity (Wildman–Crippen MR) is 101 cm³/mol. The van der Waals surface area contributed by atoms with E-state index in [1.165, 1.54) is 7.11 Å². The lowest BCUT2D eigenvalue weighted by Crippen LogP contribution is -2.37. The Morgan fingerprint density at radius 2 is 1.89 bits per heavy atom. The molecule has 2 heterocycles. The predicted octanol–water partition coefficient (Wildman–Crippen LogP) is 1.57. The molecule has 0 radical (unpaired) electrons. The lowest BCUT2D eigenvalue weighted by atomic mass is 10.2. The topological polar surface area (TPSA) is 85.8 Å². The van der Waals surface area contributed by atoms with Gasteiger partial charge in [-0.2, -0.15) is 0 Å². The van der Waals surface area contributed by atoms with Gasteiger partial charge in [0, 0.05) is 30.4 Å². The molecule has 0 spiro atoms. The molecule has 0 atom stereocenters. The summed E-state index contributed by atoms with van der Waals surface area (Å²) in [5.41, 5.74) is 1.34. The van der Waals surface area contributed by atoms with E-state index in [0.29, 0.717) is 36.1 Å². The van der Waals surface area contributed by atoms with Crippen molar-refractivity contribution in [3.05, 3.63) is 41.3 Å². The van der Waals surface area contributed by atoms with Crippen LogP contribution >= 0.6 is 0 Å². The Kier molecular flexibility index (Phi) is 6.08. The highest BCUT2D eigenvalue weighted by Gasteiger charge is 2.15. The number of aryl methyl sites for hydroxylation is 1. The van der Waals surface area contributed by atoms with Gasteiger partial charge < -0.3 is 24.4 Å². The molecule has 1 N–H and O–H groups in total. The molecule has 8 nitrogen and oxygen atoms in total. The van der Waals surface area contributed by atoms with Crippen LogP contribution < -0.4 is 19.7 Å². The van der Waals surface area contributed by atoms with E-state index in [2.05, 4.69) is 20.2 Å². The van der Waals surface area contributed by atoms with Gasteiger partial charge in [0.05, 0.1) is 34.0 Å². The summed E-state index contributed by atoms with van der Waals surface area (Å²) in [5.74, 6) is 2.29. The first-order valence-electron chi connectivity index (χ1n) is 8.78. The van der Waals surface area contributed by atoms with E-state index in [1.54, 1.807) is 25.3 Å². The number of rotatable bonds is 6. The zero-order valence-electron chi connectivity index (χ0n) is 15.8. The Hall–Kier alpha value is -2.87. The quantitative estimate of drug-likeness (QED) is 0.824. The van der Waals surface area contributed by atoms with Gasteiger partial charge in [-0.05, 0) is 25.1 Å². The first-order chi connectivity index (χ1) is 13.1. The zero-order valence-corrected chi connectivity index (χ0v) is 15.8. The number of morpholine rings is 1. The fourth-order valence-corrected chi connectivity index (χ4v) is 2.88. The van der Waals surface area contributed by atoms with Gasteiger partial charge in [-0.25, -0.2) is 9.97 Å². The fourth-order valence-electron chi connectivity index (χ4n) is 2.88. The first kappa shape index (κ1) is 18.9. The smallest absolute Gasteiger partial charge is 0.251 e. The number of aromatic nitrogens is 2. The van der Waals surface area contributed by atoms with Crippen LogP contribution in [0.5, 0.6) is 11.5 Å². The Morgan fingerprint density at radius 1 is 1.15 bits per heavy atom. The minimum absolute atomic E-state index is 0.228. The highest BCUT2D eigenvalue weighted by molar-refractivity contribution is 5.94. The van der Waals surface area contributed by atoms with Crippen LogP contribution in [0.1, 0.15) is 21.9 Å². The van der Waals surface area contributed by atoms with E-state index < -0.39 is 0 Å². The minimum atomic E-state index is -0.228. The summed E-state index contributed by atoms with van der Waals surface area (Å²) in [5, 5.41) is 2.86. The van der Waals surface area contributed by atoms with E-state index in [4.69, 9.17) is 14.2 Å². The largest absolute Gasteiger partial charge is 0.493 e. The van der Waals surface area contributed by atoms with Crippen molar-refractivity contribution in [2.24, 2.45) is 0 Å². The normalized spacial score (nSPS) is 14.0. The first-order valence-corrected chi connectivity index (χ1v) is 8.78. The maximum absolute atomic E-state index is 12.5. The van der Waals surface area contributed by atoms with Crippen LogP contribution in [0.4, 0.5) is 5.82 Å². The highest BCUT2D eigenvalue weighted by Crippen LogP contribution is 2.27. The third-order valence-electron chi connectivity index (χ3n) is 4.27. The van der Waals surface area contributed by atoms with Crippen molar-refractivity contribution >= 4 is 11.7 Å². The SMILES string of the molecule is COc1ccc(C(=O)NCc2nc(C)cc(N3CCOCC3)n2)cc1OC. The molecule has 1 aliphatic rings. The number of ether oxygens (including phenoxy) is 3. The molecule has 0 saturated carbocycles. The van der Waals surface area contributed by atoms with Crippen molar-refractivity contribution in [2.75, 3.05) is 45.4 Å². The van der Waals surface area contributed by atoms with E-state index >= 15 is 0 Å². The third kappa shape index (κ3) is 4.65. The highest BCUT2D eigenvalue weighted by atomic mass is 16.5. The molecule has 1 saturated heterocycles. The standard InChI is InChI=1S/C19H24N4O4/c1-13-10-18(23-6-8-27-9-7-23)22-17(21-13)12-20-19(24)14-4-5-15(25-2)16(11-14)26-3/h4-5,10-11H,6-9,12H2,1-3H3,(H,20,24). The molecule has 1 fully saturated rings. The van der Waals surface area contributed by atoms with E-state index in [9.17, 15) is 4.79 Å². The number of hydrogen-bond acceptors (Lipinski definition) is 7. The molecule has 1 amide bonds. The number of methoxy groups -OCH3 is 2. The molecular weight excluding hydrogens is 348 g/mol. The fraction of sp³-hybridized carbons (Fsp3) is 0.421. The molecule has 144 valence electrons. The van der Waals surface area contributed by atoms with Crippen LogP contribution in [0, 0.1) is 6.92 Å². The monoisotopic (exact) mass is 372 g/mol. The van der Waals surface area contributed by atoms with Gasteiger partial charge in [0.25, 0.3) is 5.91 Å². The molecule has 1 aromatic heterocycles.